The second-order valence-corrected chi connectivity index (χ2v) is 7.80. The number of carboxylic acids is 1. The summed E-state index contributed by atoms with van der Waals surface area (Å²) in [7, 11) is 0. The number of hydrogen-bond donors (Lipinski definition) is 2. The van der Waals surface area contributed by atoms with Gasteiger partial charge in [0.1, 0.15) is 17.0 Å². The highest BCUT2D eigenvalue weighted by Crippen LogP contribution is 2.40. The largest absolute Gasteiger partial charge is 0.478 e. The van der Waals surface area contributed by atoms with Crippen molar-refractivity contribution in [2.24, 2.45) is 5.92 Å². The van der Waals surface area contributed by atoms with E-state index in [1.807, 2.05) is 13.0 Å². The van der Waals surface area contributed by atoms with E-state index >= 15 is 0 Å². The van der Waals surface area contributed by atoms with E-state index in [1.54, 1.807) is 29.8 Å². The molecule has 1 unspecified atom stereocenters. The summed E-state index contributed by atoms with van der Waals surface area (Å²) in [6, 6.07) is 5.09. The maximum atomic E-state index is 11.3. The second kappa shape index (κ2) is 6.11. The molecule has 128 valence electrons. The molecule has 0 aliphatic heterocycles. The number of carbonyl (C=O) groups is 1. The number of hydrogen-bond acceptors (Lipinski definition) is 5. The Kier molecular flexibility index (Phi) is 3.92. The lowest BCUT2D eigenvalue weighted by Crippen LogP contribution is -2.09. The van der Waals surface area contributed by atoms with Gasteiger partial charge in [-0.3, -0.25) is 0 Å². The van der Waals surface area contributed by atoms with Gasteiger partial charge in [0.25, 0.3) is 0 Å². The summed E-state index contributed by atoms with van der Waals surface area (Å²) in [6.45, 7) is 4.25. The fourth-order valence-corrected chi connectivity index (χ4v) is 4.74. The standard InChI is InChI=1S/C19H19N3O2S/c1-10-3-6-13-15(7-10)25-18-16(13)17(20-9-21-18)22-14-8-12(19(23)24)5-4-11(14)2/h4-5,8-10H,3,6-7H2,1-2H3,(H,23,24)(H,20,21,22). The van der Waals surface area contributed by atoms with E-state index in [1.165, 1.54) is 16.9 Å². The quantitative estimate of drug-likeness (QED) is 0.721. The predicted molar refractivity (Wildman–Crippen MR) is 100 cm³/mol. The van der Waals surface area contributed by atoms with Gasteiger partial charge in [0.2, 0.25) is 0 Å². The van der Waals surface area contributed by atoms with E-state index in [2.05, 4.69) is 22.2 Å². The number of benzene rings is 1. The van der Waals surface area contributed by atoms with E-state index in [0.717, 1.165) is 40.1 Å². The number of rotatable bonds is 3. The average molecular weight is 353 g/mol. The lowest BCUT2D eigenvalue weighted by atomic mass is 9.89. The third kappa shape index (κ3) is 2.87. The van der Waals surface area contributed by atoms with Gasteiger partial charge >= 0.3 is 5.97 Å². The molecule has 25 heavy (non-hydrogen) atoms. The molecule has 0 radical (unpaired) electrons. The molecule has 0 bridgehead atoms. The molecule has 3 aromatic rings. The van der Waals surface area contributed by atoms with Crippen LogP contribution < -0.4 is 5.32 Å². The van der Waals surface area contributed by atoms with Crippen LogP contribution in [-0.4, -0.2) is 21.0 Å². The van der Waals surface area contributed by atoms with Crippen LogP contribution in [0.3, 0.4) is 0 Å². The molecule has 0 spiro atoms. The molecule has 1 atom stereocenters. The number of nitrogens with one attached hydrogen (secondary N) is 1. The van der Waals surface area contributed by atoms with Crippen molar-refractivity contribution in [1.29, 1.82) is 0 Å². The summed E-state index contributed by atoms with van der Waals surface area (Å²) in [5.74, 6) is 0.542. The van der Waals surface area contributed by atoms with Crippen LogP contribution in [0, 0.1) is 12.8 Å². The van der Waals surface area contributed by atoms with Gasteiger partial charge in [-0.25, -0.2) is 14.8 Å². The summed E-state index contributed by atoms with van der Waals surface area (Å²) in [5.41, 5.74) is 3.37. The summed E-state index contributed by atoms with van der Waals surface area (Å²) in [6.07, 6.45) is 4.91. The third-order valence-electron chi connectivity index (χ3n) is 4.83. The molecule has 1 aromatic carbocycles. The smallest absolute Gasteiger partial charge is 0.335 e. The maximum Gasteiger partial charge on any atom is 0.335 e. The van der Waals surface area contributed by atoms with Crippen LogP contribution >= 0.6 is 11.3 Å². The van der Waals surface area contributed by atoms with Gasteiger partial charge in [-0.15, -0.1) is 11.3 Å². The van der Waals surface area contributed by atoms with Crippen LogP contribution in [-0.2, 0) is 12.8 Å². The van der Waals surface area contributed by atoms with Gasteiger partial charge in [0.15, 0.2) is 0 Å². The van der Waals surface area contributed by atoms with E-state index in [9.17, 15) is 9.90 Å². The monoisotopic (exact) mass is 353 g/mol. The zero-order valence-corrected chi connectivity index (χ0v) is 15.0. The maximum absolute atomic E-state index is 11.3. The summed E-state index contributed by atoms with van der Waals surface area (Å²) in [4.78, 5) is 22.6. The molecular weight excluding hydrogens is 334 g/mol. The number of anilines is 2. The Balaban J connectivity index is 1.80. The molecule has 6 heteroatoms. The molecule has 1 aliphatic carbocycles. The zero-order valence-electron chi connectivity index (χ0n) is 14.2. The second-order valence-electron chi connectivity index (χ2n) is 6.71. The summed E-state index contributed by atoms with van der Waals surface area (Å²) in [5, 5.41) is 13.7. The highest BCUT2D eigenvalue weighted by molar-refractivity contribution is 7.19. The van der Waals surface area contributed by atoms with Gasteiger partial charge < -0.3 is 10.4 Å². The average Bonchev–Trinajstić information content (AvgIpc) is 2.94. The Morgan fingerprint density at radius 3 is 3.00 bits per heavy atom. The first kappa shape index (κ1) is 16.0. The molecule has 0 amide bonds. The highest BCUT2D eigenvalue weighted by Gasteiger charge is 2.23. The van der Waals surface area contributed by atoms with Crippen molar-refractivity contribution in [2.75, 3.05) is 5.32 Å². The molecule has 0 fully saturated rings. The Labute approximate surface area is 149 Å². The lowest BCUT2D eigenvalue weighted by Gasteiger charge is -2.18. The van der Waals surface area contributed by atoms with Crippen LogP contribution in [0.5, 0.6) is 0 Å². The van der Waals surface area contributed by atoms with E-state index in [-0.39, 0.29) is 5.56 Å². The Morgan fingerprint density at radius 2 is 2.20 bits per heavy atom. The van der Waals surface area contributed by atoms with Crippen molar-refractivity contribution in [2.45, 2.75) is 33.1 Å². The van der Waals surface area contributed by atoms with Crippen LogP contribution in [0.4, 0.5) is 11.5 Å². The molecule has 1 aliphatic rings. The lowest BCUT2D eigenvalue weighted by molar-refractivity contribution is 0.0697. The Hall–Kier alpha value is -2.47. The van der Waals surface area contributed by atoms with Gasteiger partial charge in [-0.1, -0.05) is 13.0 Å². The minimum Gasteiger partial charge on any atom is -0.478 e. The zero-order chi connectivity index (χ0) is 17.6. The minimum atomic E-state index is -0.933. The first-order valence-corrected chi connectivity index (χ1v) is 9.21. The molecule has 0 saturated carbocycles. The van der Waals surface area contributed by atoms with Gasteiger partial charge in [-0.05, 0) is 55.4 Å². The minimum absolute atomic E-state index is 0.263. The summed E-state index contributed by atoms with van der Waals surface area (Å²) >= 11 is 1.76. The summed E-state index contributed by atoms with van der Waals surface area (Å²) < 4.78 is 0. The number of carboxylic acid groups (broad SMARTS) is 1. The SMILES string of the molecule is Cc1ccc(C(=O)O)cc1Nc1ncnc2sc3c(c12)CCC(C)C3. The van der Waals surface area contributed by atoms with E-state index in [4.69, 9.17) is 0 Å². The van der Waals surface area contributed by atoms with E-state index < -0.39 is 5.97 Å². The van der Waals surface area contributed by atoms with Crippen molar-refractivity contribution >= 4 is 39.0 Å². The number of fused-ring (bicyclic) bond motifs is 3. The number of aromatic nitrogens is 2. The molecule has 0 saturated heterocycles. The van der Waals surface area contributed by atoms with Gasteiger partial charge in [-0.2, -0.15) is 0 Å². The molecule has 5 nitrogen and oxygen atoms in total. The van der Waals surface area contributed by atoms with Crippen LogP contribution in [0.15, 0.2) is 24.5 Å². The molecule has 2 N–H and O–H groups in total. The van der Waals surface area contributed by atoms with E-state index in [0.29, 0.717) is 5.92 Å². The molecule has 4 rings (SSSR count). The van der Waals surface area contributed by atoms with Crippen LogP contribution in [0.2, 0.25) is 0 Å². The van der Waals surface area contributed by atoms with Crippen molar-refractivity contribution in [3.8, 4) is 0 Å². The van der Waals surface area contributed by atoms with Crippen LogP contribution in [0.1, 0.15) is 39.7 Å². The highest BCUT2D eigenvalue weighted by atomic mass is 32.1. The number of thiophene rings is 1. The molecular formula is C19H19N3O2S. The third-order valence-corrected chi connectivity index (χ3v) is 5.99. The molecule has 2 heterocycles. The Morgan fingerprint density at radius 1 is 1.36 bits per heavy atom. The Bertz CT molecular complexity index is 980. The van der Waals surface area contributed by atoms with Crippen molar-refractivity contribution in [3.05, 3.63) is 46.1 Å². The molecule has 2 aromatic heterocycles. The first-order valence-electron chi connectivity index (χ1n) is 8.39. The topological polar surface area (TPSA) is 75.1 Å². The number of aryl methyl sites for hydroxylation is 2. The fourth-order valence-electron chi connectivity index (χ4n) is 3.39. The number of aromatic carboxylic acids is 1. The number of nitrogens with zero attached hydrogens (tertiary/aromatic N) is 2. The van der Waals surface area contributed by atoms with Crippen molar-refractivity contribution in [3.63, 3.8) is 0 Å². The van der Waals surface area contributed by atoms with Crippen LogP contribution in [0.25, 0.3) is 10.2 Å². The fraction of sp³-hybridized carbons (Fsp3) is 0.316. The van der Waals surface area contributed by atoms with Crippen molar-refractivity contribution in [1.82, 2.24) is 9.97 Å². The predicted octanol–water partition coefficient (Wildman–Crippen LogP) is 4.57. The van der Waals surface area contributed by atoms with Gasteiger partial charge in [0, 0.05) is 10.6 Å². The van der Waals surface area contributed by atoms with Crippen molar-refractivity contribution < 1.29 is 9.90 Å². The van der Waals surface area contributed by atoms with Gasteiger partial charge in [0.05, 0.1) is 10.9 Å². The first-order chi connectivity index (χ1) is 12.0. The normalized spacial score (nSPS) is 16.6.